The molecule has 4 aliphatic carbocycles. The minimum atomic E-state index is -0.831. The van der Waals surface area contributed by atoms with Crippen LogP contribution >= 0.6 is 0 Å². The summed E-state index contributed by atoms with van der Waals surface area (Å²) in [6, 6.07) is 6.21. The SMILES string of the molecule is CC1C=C2C=C3CC(O)CCC3CC[C@]2(O)C2CC=C(c3ccc(/C=C\N)c(N)c3)C12C. The van der Waals surface area contributed by atoms with Crippen LogP contribution < -0.4 is 11.5 Å². The molecule has 0 radical (unpaired) electrons. The number of hydrogen-bond donors (Lipinski definition) is 4. The number of fused-ring (bicyclic) bond motifs is 4. The van der Waals surface area contributed by atoms with Crippen LogP contribution in [0.3, 0.4) is 0 Å². The van der Waals surface area contributed by atoms with E-state index in [4.69, 9.17) is 11.5 Å². The van der Waals surface area contributed by atoms with E-state index in [0.717, 1.165) is 60.9 Å². The van der Waals surface area contributed by atoms with Crippen molar-refractivity contribution >= 4 is 17.3 Å². The molecular weight excluding hydrogens is 396 g/mol. The second-order valence-electron chi connectivity index (χ2n) is 10.6. The van der Waals surface area contributed by atoms with Gasteiger partial charge in [0.05, 0.1) is 11.7 Å². The molecule has 0 spiro atoms. The molecular formula is C28H36N2O2. The van der Waals surface area contributed by atoms with Gasteiger partial charge in [-0.05, 0) is 91.0 Å². The molecule has 1 aromatic rings. The summed E-state index contributed by atoms with van der Waals surface area (Å²) in [7, 11) is 0. The number of rotatable bonds is 2. The Bertz CT molecular complexity index is 1050. The molecule has 4 aliphatic rings. The van der Waals surface area contributed by atoms with Gasteiger partial charge in [0.15, 0.2) is 0 Å². The molecule has 1 aromatic carbocycles. The first-order valence-corrected chi connectivity index (χ1v) is 12.1. The standard InChI is InChI=1S/C28H36N2O2/c1-17-13-22-14-21-15-23(31)6-5-18(21)9-11-28(22,32)26-8-7-24(27(17,26)2)20-4-3-19(10-12-29)25(30)16-20/h3-4,7,10,12-14,16-18,23,26,31-32H,5-6,8-9,11,15,29-30H2,1-2H3/b12-10-/t17?,18?,23?,26?,27?,28-/m1/s1. The van der Waals surface area contributed by atoms with E-state index in [1.807, 2.05) is 12.1 Å². The maximum absolute atomic E-state index is 12.2. The molecule has 0 saturated heterocycles. The number of benzene rings is 1. The minimum Gasteiger partial charge on any atom is -0.405 e. The van der Waals surface area contributed by atoms with Crippen LogP contribution in [0.5, 0.6) is 0 Å². The van der Waals surface area contributed by atoms with Crippen LogP contribution in [0.2, 0.25) is 0 Å². The van der Waals surface area contributed by atoms with E-state index in [1.54, 1.807) is 0 Å². The molecule has 5 rings (SSSR count). The van der Waals surface area contributed by atoms with Crippen molar-refractivity contribution in [3.05, 3.63) is 64.9 Å². The molecule has 1 saturated carbocycles. The van der Waals surface area contributed by atoms with Crippen molar-refractivity contribution in [1.29, 1.82) is 0 Å². The number of allylic oxidation sites excluding steroid dienone is 3. The van der Waals surface area contributed by atoms with Crippen molar-refractivity contribution in [3.8, 4) is 0 Å². The number of aliphatic hydroxyl groups is 2. The molecule has 0 amide bonds. The van der Waals surface area contributed by atoms with E-state index in [-0.39, 0.29) is 23.4 Å². The molecule has 0 aromatic heterocycles. The molecule has 4 nitrogen and oxygen atoms in total. The quantitative estimate of drug-likeness (QED) is 0.505. The first kappa shape index (κ1) is 21.5. The van der Waals surface area contributed by atoms with Gasteiger partial charge in [0.2, 0.25) is 0 Å². The molecule has 1 fully saturated rings. The van der Waals surface area contributed by atoms with Gasteiger partial charge in [-0.3, -0.25) is 0 Å². The fraction of sp³-hybridized carbons (Fsp3) is 0.500. The van der Waals surface area contributed by atoms with E-state index >= 15 is 0 Å². The Morgan fingerprint density at radius 2 is 2.00 bits per heavy atom. The number of hydrogen-bond acceptors (Lipinski definition) is 4. The summed E-state index contributed by atoms with van der Waals surface area (Å²) in [4.78, 5) is 0. The first-order chi connectivity index (χ1) is 15.3. The molecule has 32 heavy (non-hydrogen) atoms. The largest absolute Gasteiger partial charge is 0.405 e. The summed E-state index contributed by atoms with van der Waals surface area (Å²) in [5, 5.41) is 22.4. The lowest BCUT2D eigenvalue weighted by Crippen LogP contribution is -2.51. The Morgan fingerprint density at radius 3 is 2.75 bits per heavy atom. The van der Waals surface area contributed by atoms with Crippen LogP contribution in [0, 0.1) is 23.2 Å². The van der Waals surface area contributed by atoms with Crippen molar-refractivity contribution in [2.75, 3.05) is 5.73 Å². The molecule has 4 heteroatoms. The Morgan fingerprint density at radius 1 is 1.19 bits per heavy atom. The van der Waals surface area contributed by atoms with Gasteiger partial charge in [0, 0.05) is 17.0 Å². The highest BCUT2D eigenvalue weighted by Gasteiger charge is 2.58. The lowest BCUT2D eigenvalue weighted by molar-refractivity contribution is -0.0455. The summed E-state index contributed by atoms with van der Waals surface area (Å²) >= 11 is 0. The summed E-state index contributed by atoms with van der Waals surface area (Å²) < 4.78 is 0. The van der Waals surface area contributed by atoms with Crippen LogP contribution in [0.4, 0.5) is 5.69 Å². The van der Waals surface area contributed by atoms with Crippen molar-refractivity contribution in [2.45, 2.75) is 64.1 Å². The normalized spacial score (nSPS) is 38.8. The molecule has 5 unspecified atom stereocenters. The van der Waals surface area contributed by atoms with E-state index in [2.05, 4.69) is 44.2 Å². The fourth-order valence-corrected chi connectivity index (χ4v) is 7.07. The summed E-state index contributed by atoms with van der Waals surface area (Å²) in [5.74, 6) is 0.905. The van der Waals surface area contributed by atoms with Gasteiger partial charge >= 0.3 is 0 Å². The molecule has 6 N–H and O–H groups in total. The number of anilines is 1. The van der Waals surface area contributed by atoms with Crippen LogP contribution in [-0.2, 0) is 0 Å². The molecule has 6 atom stereocenters. The Labute approximate surface area is 191 Å². The monoisotopic (exact) mass is 432 g/mol. The summed E-state index contributed by atoms with van der Waals surface area (Å²) in [5.41, 5.74) is 17.4. The second-order valence-corrected chi connectivity index (χ2v) is 10.6. The highest BCUT2D eigenvalue weighted by molar-refractivity contribution is 5.78. The maximum atomic E-state index is 12.2. The number of nitrogen functional groups attached to an aromatic ring is 1. The summed E-state index contributed by atoms with van der Waals surface area (Å²) in [6.45, 7) is 4.61. The third kappa shape index (κ3) is 3.11. The topological polar surface area (TPSA) is 92.5 Å². The van der Waals surface area contributed by atoms with Crippen LogP contribution in [0.1, 0.15) is 63.5 Å². The zero-order chi connectivity index (χ0) is 22.7. The van der Waals surface area contributed by atoms with Crippen molar-refractivity contribution in [1.82, 2.24) is 0 Å². The third-order valence-electron chi connectivity index (χ3n) is 9.05. The van der Waals surface area contributed by atoms with E-state index in [9.17, 15) is 10.2 Å². The van der Waals surface area contributed by atoms with Crippen molar-refractivity contribution in [2.24, 2.45) is 28.9 Å². The van der Waals surface area contributed by atoms with Gasteiger partial charge < -0.3 is 21.7 Å². The van der Waals surface area contributed by atoms with E-state index < -0.39 is 5.60 Å². The molecule has 170 valence electrons. The smallest absolute Gasteiger partial charge is 0.0933 e. The van der Waals surface area contributed by atoms with Gasteiger partial charge in [0.25, 0.3) is 0 Å². The zero-order valence-corrected chi connectivity index (χ0v) is 19.2. The van der Waals surface area contributed by atoms with E-state index in [0.29, 0.717) is 5.92 Å². The predicted octanol–water partition coefficient (Wildman–Crippen LogP) is 4.80. The maximum Gasteiger partial charge on any atom is 0.0933 e. The first-order valence-electron chi connectivity index (χ1n) is 12.1. The number of nitrogens with two attached hydrogens (primary N) is 2. The third-order valence-corrected chi connectivity index (χ3v) is 9.05. The Hall–Kier alpha value is -2.30. The average molecular weight is 433 g/mol. The lowest BCUT2D eigenvalue weighted by Gasteiger charge is -2.51. The van der Waals surface area contributed by atoms with E-state index in [1.165, 1.54) is 17.3 Å². The summed E-state index contributed by atoms with van der Waals surface area (Å²) in [6.07, 6.45) is 15.3. The number of aliphatic hydroxyl groups excluding tert-OH is 1. The fourth-order valence-electron chi connectivity index (χ4n) is 7.07. The van der Waals surface area contributed by atoms with Gasteiger partial charge in [-0.2, -0.15) is 0 Å². The van der Waals surface area contributed by atoms with Crippen LogP contribution in [0.15, 0.2) is 53.8 Å². The van der Waals surface area contributed by atoms with Gasteiger partial charge in [-0.25, -0.2) is 0 Å². The van der Waals surface area contributed by atoms with Gasteiger partial charge in [-0.15, -0.1) is 0 Å². The highest BCUT2D eigenvalue weighted by Crippen LogP contribution is 2.63. The zero-order valence-electron chi connectivity index (χ0n) is 19.2. The van der Waals surface area contributed by atoms with Gasteiger partial charge in [0.1, 0.15) is 0 Å². The predicted molar refractivity (Wildman–Crippen MR) is 131 cm³/mol. The molecule has 0 bridgehead atoms. The van der Waals surface area contributed by atoms with Crippen LogP contribution in [0.25, 0.3) is 11.6 Å². The Balaban J connectivity index is 1.54. The highest BCUT2D eigenvalue weighted by atomic mass is 16.3. The molecule has 0 aliphatic heterocycles. The molecule has 0 heterocycles. The van der Waals surface area contributed by atoms with Crippen molar-refractivity contribution < 1.29 is 10.2 Å². The van der Waals surface area contributed by atoms with Crippen molar-refractivity contribution in [3.63, 3.8) is 0 Å². The lowest BCUT2D eigenvalue weighted by atomic mass is 9.54. The Kier molecular flexibility index (Phi) is 5.14. The van der Waals surface area contributed by atoms with Crippen LogP contribution in [-0.4, -0.2) is 21.9 Å². The van der Waals surface area contributed by atoms with Gasteiger partial charge in [-0.1, -0.05) is 49.8 Å². The average Bonchev–Trinajstić information content (AvgIpc) is 3.06. The second kappa shape index (κ2) is 7.64. The minimum absolute atomic E-state index is 0.131.